The van der Waals surface area contributed by atoms with Crippen LogP contribution >= 0.6 is 46.3 Å². The van der Waals surface area contributed by atoms with Crippen LogP contribution in [0, 0.1) is 13.8 Å². The van der Waals surface area contributed by atoms with Gasteiger partial charge in [-0.25, -0.2) is 4.98 Å². The highest BCUT2D eigenvalue weighted by molar-refractivity contribution is 7.98. The van der Waals surface area contributed by atoms with Crippen molar-refractivity contribution in [2.45, 2.75) is 24.8 Å². The summed E-state index contributed by atoms with van der Waals surface area (Å²) in [5, 5.41) is 15.7. The SMILES string of the molecule is Cc1ccc(NC(=O)c2csc(CSc3nnc(-c4ccco4)n3-c3ccc(Cl)cc3Cl)n2)cc1C. The monoisotopic (exact) mass is 555 g/mol. The average molecular weight is 557 g/mol. The fourth-order valence-electron chi connectivity index (χ4n) is 3.43. The van der Waals surface area contributed by atoms with E-state index >= 15 is 0 Å². The lowest BCUT2D eigenvalue weighted by Gasteiger charge is -2.11. The van der Waals surface area contributed by atoms with Gasteiger partial charge in [-0.3, -0.25) is 9.36 Å². The minimum absolute atomic E-state index is 0.248. The molecule has 0 aliphatic carbocycles. The van der Waals surface area contributed by atoms with E-state index in [1.165, 1.54) is 28.7 Å². The minimum Gasteiger partial charge on any atom is -0.461 e. The van der Waals surface area contributed by atoms with Crippen LogP contribution in [0.3, 0.4) is 0 Å². The highest BCUT2D eigenvalue weighted by Gasteiger charge is 2.21. The molecular formula is C25H19Cl2N5O2S2. The summed E-state index contributed by atoms with van der Waals surface area (Å²) < 4.78 is 7.38. The van der Waals surface area contributed by atoms with Gasteiger partial charge in [-0.1, -0.05) is 41.0 Å². The maximum Gasteiger partial charge on any atom is 0.275 e. The molecule has 5 rings (SSSR count). The number of thiazole rings is 1. The highest BCUT2D eigenvalue weighted by atomic mass is 35.5. The molecule has 0 fully saturated rings. The topological polar surface area (TPSA) is 85.8 Å². The fraction of sp³-hybridized carbons (Fsp3) is 0.120. The van der Waals surface area contributed by atoms with Crippen molar-refractivity contribution in [2.75, 3.05) is 5.32 Å². The third-order valence-corrected chi connectivity index (χ3v) is 7.91. The summed E-state index contributed by atoms with van der Waals surface area (Å²) in [6, 6.07) is 14.6. The zero-order valence-corrected chi connectivity index (χ0v) is 22.3. The largest absolute Gasteiger partial charge is 0.461 e. The van der Waals surface area contributed by atoms with E-state index in [2.05, 4.69) is 20.5 Å². The number of carbonyl (C=O) groups is 1. The lowest BCUT2D eigenvalue weighted by molar-refractivity contribution is 0.102. The number of amides is 1. The van der Waals surface area contributed by atoms with Gasteiger partial charge in [-0.2, -0.15) is 0 Å². The van der Waals surface area contributed by atoms with Crippen LogP contribution in [0.4, 0.5) is 5.69 Å². The van der Waals surface area contributed by atoms with E-state index in [4.69, 9.17) is 27.6 Å². The first-order valence-corrected chi connectivity index (χ1v) is 13.4. The predicted octanol–water partition coefficient (Wildman–Crippen LogP) is 7.45. The van der Waals surface area contributed by atoms with Gasteiger partial charge in [-0.15, -0.1) is 21.5 Å². The second-order valence-corrected chi connectivity index (χ2v) is 10.6. The van der Waals surface area contributed by atoms with E-state index in [1.807, 2.05) is 42.7 Å². The van der Waals surface area contributed by atoms with E-state index in [-0.39, 0.29) is 5.91 Å². The van der Waals surface area contributed by atoms with Gasteiger partial charge in [0.05, 0.1) is 22.7 Å². The van der Waals surface area contributed by atoms with Crippen molar-refractivity contribution in [3.8, 4) is 17.3 Å². The van der Waals surface area contributed by atoms with Crippen LogP contribution < -0.4 is 5.32 Å². The van der Waals surface area contributed by atoms with Crippen LogP contribution in [0.25, 0.3) is 17.3 Å². The third kappa shape index (κ3) is 5.19. The van der Waals surface area contributed by atoms with Crippen molar-refractivity contribution in [2.24, 2.45) is 0 Å². The number of carbonyl (C=O) groups excluding carboxylic acids is 1. The van der Waals surface area contributed by atoms with Gasteiger partial charge in [-0.05, 0) is 67.4 Å². The number of hydrogen-bond donors (Lipinski definition) is 1. The Hall–Kier alpha value is -3.11. The zero-order valence-electron chi connectivity index (χ0n) is 19.2. The van der Waals surface area contributed by atoms with E-state index in [1.54, 1.807) is 35.9 Å². The number of aromatic nitrogens is 4. The first kappa shape index (κ1) is 24.6. The molecule has 5 aromatic rings. The van der Waals surface area contributed by atoms with Crippen LogP contribution in [0.15, 0.2) is 69.7 Å². The molecule has 3 aromatic heterocycles. The quantitative estimate of drug-likeness (QED) is 0.210. The maximum absolute atomic E-state index is 12.7. The Balaban J connectivity index is 1.36. The summed E-state index contributed by atoms with van der Waals surface area (Å²) in [7, 11) is 0. The first-order chi connectivity index (χ1) is 17.4. The molecule has 1 amide bonds. The lowest BCUT2D eigenvalue weighted by atomic mass is 10.1. The van der Waals surface area contributed by atoms with Crippen molar-refractivity contribution in [1.29, 1.82) is 0 Å². The van der Waals surface area contributed by atoms with Gasteiger partial charge >= 0.3 is 0 Å². The molecule has 0 unspecified atom stereocenters. The Labute approximate surface area is 225 Å². The Morgan fingerprint density at radius 3 is 2.72 bits per heavy atom. The molecule has 7 nitrogen and oxygen atoms in total. The summed E-state index contributed by atoms with van der Waals surface area (Å²) in [6.07, 6.45) is 1.57. The number of rotatable bonds is 7. The number of furan rings is 1. The first-order valence-electron chi connectivity index (χ1n) is 10.8. The number of thioether (sulfide) groups is 1. The molecule has 1 N–H and O–H groups in total. The molecule has 0 atom stereocenters. The second-order valence-electron chi connectivity index (χ2n) is 7.88. The molecule has 182 valence electrons. The molecule has 11 heteroatoms. The Morgan fingerprint density at radius 2 is 1.97 bits per heavy atom. The molecule has 36 heavy (non-hydrogen) atoms. The van der Waals surface area contributed by atoms with Crippen molar-refractivity contribution in [3.63, 3.8) is 0 Å². The Bertz CT molecular complexity index is 1550. The number of anilines is 1. The number of nitrogens with one attached hydrogen (secondary N) is 1. The molecule has 2 aromatic carbocycles. The van der Waals surface area contributed by atoms with Crippen LogP contribution in [0.5, 0.6) is 0 Å². The van der Waals surface area contributed by atoms with Crippen LogP contribution in [0.1, 0.15) is 26.6 Å². The van der Waals surface area contributed by atoms with Gasteiger partial charge in [0.15, 0.2) is 10.9 Å². The number of hydrogen-bond acceptors (Lipinski definition) is 7. The molecule has 3 heterocycles. The molecule has 0 aliphatic rings. The Morgan fingerprint density at radius 1 is 1.11 bits per heavy atom. The number of halogens is 2. The standard InChI is InChI=1S/C25H19Cl2N5O2S2/c1-14-5-7-17(10-15(14)2)28-24(33)19-12-35-22(29-19)13-36-25-31-30-23(21-4-3-9-34-21)32(25)20-8-6-16(26)11-18(20)27/h3-12H,13H2,1-2H3,(H,28,33). The number of nitrogens with zero attached hydrogens (tertiary/aromatic N) is 4. The van der Waals surface area contributed by atoms with E-state index in [0.29, 0.717) is 43.9 Å². The Kier molecular flexibility index (Phi) is 7.15. The molecule has 0 bridgehead atoms. The fourth-order valence-corrected chi connectivity index (χ4v) is 5.66. The predicted molar refractivity (Wildman–Crippen MR) is 145 cm³/mol. The van der Waals surface area contributed by atoms with E-state index < -0.39 is 0 Å². The summed E-state index contributed by atoms with van der Waals surface area (Å²) in [6.45, 7) is 4.04. The van der Waals surface area contributed by atoms with Crippen molar-refractivity contribution in [1.82, 2.24) is 19.7 Å². The van der Waals surface area contributed by atoms with Crippen molar-refractivity contribution < 1.29 is 9.21 Å². The summed E-state index contributed by atoms with van der Waals surface area (Å²) >= 11 is 15.5. The zero-order chi connectivity index (χ0) is 25.2. The molecule has 0 radical (unpaired) electrons. The van der Waals surface area contributed by atoms with Crippen LogP contribution in [0.2, 0.25) is 10.0 Å². The summed E-state index contributed by atoms with van der Waals surface area (Å²) in [4.78, 5) is 17.2. The normalized spacial score (nSPS) is 11.1. The number of aryl methyl sites for hydroxylation is 2. The van der Waals surface area contributed by atoms with Crippen molar-refractivity contribution in [3.05, 3.63) is 92.0 Å². The second kappa shape index (κ2) is 10.5. The minimum atomic E-state index is -0.248. The van der Waals surface area contributed by atoms with Crippen LogP contribution in [-0.2, 0) is 5.75 Å². The highest BCUT2D eigenvalue weighted by Crippen LogP contribution is 2.34. The molecular weight excluding hydrogens is 537 g/mol. The van der Waals surface area contributed by atoms with Crippen LogP contribution in [-0.4, -0.2) is 25.7 Å². The van der Waals surface area contributed by atoms with Gasteiger partial charge in [0, 0.05) is 16.1 Å². The average Bonchev–Trinajstić information content (AvgIpc) is 3.61. The van der Waals surface area contributed by atoms with Gasteiger partial charge in [0.25, 0.3) is 5.91 Å². The summed E-state index contributed by atoms with van der Waals surface area (Å²) in [5.41, 5.74) is 4.07. The number of benzene rings is 2. The van der Waals surface area contributed by atoms with Gasteiger partial charge in [0.2, 0.25) is 5.82 Å². The smallest absolute Gasteiger partial charge is 0.275 e. The van der Waals surface area contributed by atoms with E-state index in [9.17, 15) is 4.79 Å². The van der Waals surface area contributed by atoms with Gasteiger partial charge < -0.3 is 9.73 Å². The lowest BCUT2D eigenvalue weighted by Crippen LogP contribution is -2.12. The molecule has 0 spiro atoms. The molecule has 0 saturated carbocycles. The van der Waals surface area contributed by atoms with Gasteiger partial charge in [0.1, 0.15) is 10.7 Å². The third-order valence-electron chi connectivity index (χ3n) is 5.40. The maximum atomic E-state index is 12.7. The molecule has 0 saturated heterocycles. The summed E-state index contributed by atoms with van der Waals surface area (Å²) in [5.74, 6) is 1.31. The van der Waals surface area contributed by atoms with E-state index in [0.717, 1.165) is 16.3 Å². The van der Waals surface area contributed by atoms with Crippen molar-refractivity contribution >= 4 is 57.9 Å². The molecule has 0 aliphatic heterocycles.